The van der Waals surface area contributed by atoms with Crippen LogP contribution in [0.3, 0.4) is 0 Å². The van der Waals surface area contributed by atoms with Crippen LogP contribution < -0.4 is 5.32 Å². The lowest BCUT2D eigenvalue weighted by atomic mass is 10.2. The Balaban J connectivity index is 1.77. The van der Waals surface area contributed by atoms with Crippen LogP contribution in [0.1, 0.15) is 15.9 Å². The summed E-state index contributed by atoms with van der Waals surface area (Å²) in [5.41, 5.74) is 1.30. The summed E-state index contributed by atoms with van der Waals surface area (Å²) < 4.78 is 15.6. The second-order valence-electron chi connectivity index (χ2n) is 5.09. The van der Waals surface area contributed by atoms with Gasteiger partial charge in [0.1, 0.15) is 10.8 Å². The molecule has 0 unspecified atom stereocenters. The van der Waals surface area contributed by atoms with Gasteiger partial charge in [0.15, 0.2) is 5.82 Å². The zero-order chi connectivity index (χ0) is 17.1. The van der Waals surface area contributed by atoms with Gasteiger partial charge in [-0.2, -0.15) is 5.10 Å². The van der Waals surface area contributed by atoms with Gasteiger partial charge in [-0.15, -0.1) is 0 Å². The molecule has 0 atom stereocenters. The molecule has 0 fully saturated rings. The van der Waals surface area contributed by atoms with Crippen LogP contribution in [0.15, 0.2) is 54.7 Å². The fraction of sp³-hybridized carbons (Fsp3) is 0.0588. The molecule has 0 aliphatic carbocycles. The van der Waals surface area contributed by atoms with E-state index >= 15 is 0 Å². The largest absolute Gasteiger partial charge is 0.304 e. The molecule has 3 rings (SSSR count). The number of rotatable bonds is 4. The summed E-state index contributed by atoms with van der Waals surface area (Å²) in [5.74, 6) is -0.312. The van der Waals surface area contributed by atoms with Gasteiger partial charge in [-0.1, -0.05) is 35.9 Å². The molecule has 1 N–H and O–H groups in total. The number of nitrogens with one attached hydrogen (secondary N) is 1. The maximum Gasteiger partial charge on any atom is 0.257 e. The summed E-state index contributed by atoms with van der Waals surface area (Å²) in [6.07, 6.45) is 1.60. The first-order valence-corrected chi connectivity index (χ1v) is 8.52. The molecule has 0 bridgehead atoms. The van der Waals surface area contributed by atoms with E-state index in [1.165, 1.54) is 12.1 Å². The first-order chi connectivity index (χ1) is 11.5. The van der Waals surface area contributed by atoms with Gasteiger partial charge >= 0.3 is 0 Å². The third kappa shape index (κ3) is 3.93. The van der Waals surface area contributed by atoms with Gasteiger partial charge in [0, 0.05) is 9.77 Å². The van der Waals surface area contributed by atoms with Gasteiger partial charge < -0.3 is 5.32 Å². The van der Waals surface area contributed by atoms with E-state index in [2.05, 4.69) is 33.0 Å². The molecular formula is C17H12ClFIN3O. The molecule has 0 aliphatic heterocycles. The number of halogens is 3. The zero-order valence-electron chi connectivity index (χ0n) is 12.3. The molecule has 0 aliphatic rings. The fourth-order valence-corrected chi connectivity index (χ4v) is 3.04. The quantitative estimate of drug-likeness (QED) is 0.586. The van der Waals surface area contributed by atoms with Crippen molar-refractivity contribution in [1.82, 2.24) is 9.78 Å². The van der Waals surface area contributed by atoms with Gasteiger partial charge in [0.2, 0.25) is 0 Å². The highest BCUT2D eigenvalue weighted by Gasteiger charge is 2.14. The topological polar surface area (TPSA) is 46.9 Å². The van der Waals surface area contributed by atoms with Gasteiger partial charge in [0.25, 0.3) is 5.91 Å². The van der Waals surface area contributed by atoms with E-state index < -0.39 is 0 Å². The highest BCUT2D eigenvalue weighted by Crippen LogP contribution is 2.22. The highest BCUT2D eigenvalue weighted by molar-refractivity contribution is 14.1. The molecule has 0 spiro atoms. The Hall–Kier alpha value is -1.93. The van der Waals surface area contributed by atoms with E-state index in [0.29, 0.717) is 17.1 Å². The van der Waals surface area contributed by atoms with E-state index in [1.807, 2.05) is 12.1 Å². The second kappa shape index (κ2) is 7.31. The SMILES string of the molecule is O=C(Nc1nn(Cc2cccc(F)c2)cc1Cl)c1ccccc1I. The van der Waals surface area contributed by atoms with Crippen LogP contribution in [0, 0.1) is 9.39 Å². The lowest BCUT2D eigenvalue weighted by Crippen LogP contribution is -2.14. The van der Waals surface area contributed by atoms with Crippen LogP contribution in [0.5, 0.6) is 0 Å². The maximum absolute atomic E-state index is 13.2. The van der Waals surface area contributed by atoms with Crippen molar-refractivity contribution < 1.29 is 9.18 Å². The van der Waals surface area contributed by atoms with Gasteiger partial charge in [0.05, 0.1) is 12.1 Å². The molecule has 1 amide bonds. The van der Waals surface area contributed by atoms with Crippen molar-refractivity contribution in [2.45, 2.75) is 6.54 Å². The Kier molecular flexibility index (Phi) is 5.15. The predicted molar refractivity (Wildman–Crippen MR) is 99.9 cm³/mol. The van der Waals surface area contributed by atoms with Crippen molar-refractivity contribution in [3.8, 4) is 0 Å². The van der Waals surface area contributed by atoms with E-state index in [4.69, 9.17) is 11.6 Å². The normalized spacial score (nSPS) is 10.6. The molecule has 24 heavy (non-hydrogen) atoms. The third-order valence-corrected chi connectivity index (χ3v) is 4.52. The number of nitrogens with zero attached hydrogens (tertiary/aromatic N) is 2. The Morgan fingerprint density at radius 2 is 2.04 bits per heavy atom. The molecule has 2 aromatic carbocycles. The first-order valence-electron chi connectivity index (χ1n) is 7.06. The number of aromatic nitrogens is 2. The zero-order valence-corrected chi connectivity index (χ0v) is 15.3. The summed E-state index contributed by atoms with van der Waals surface area (Å²) in [5, 5.41) is 7.29. The van der Waals surface area contributed by atoms with Crippen molar-refractivity contribution in [3.63, 3.8) is 0 Å². The Morgan fingerprint density at radius 1 is 1.25 bits per heavy atom. The van der Waals surface area contributed by atoms with Crippen molar-refractivity contribution in [1.29, 1.82) is 0 Å². The average molecular weight is 456 g/mol. The number of carbonyl (C=O) groups is 1. The minimum Gasteiger partial charge on any atom is -0.304 e. The molecule has 122 valence electrons. The average Bonchev–Trinajstić information content (AvgIpc) is 2.87. The van der Waals surface area contributed by atoms with Crippen LogP contribution in [0.2, 0.25) is 5.02 Å². The van der Waals surface area contributed by atoms with Crippen LogP contribution >= 0.6 is 34.2 Å². The smallest absolute Gasteiger partial charge is 0.257 e. The highest BCUT2D eigenvalue weighted by atomic mass is 127. The number of hydrogen-bond acceptors (Lipinski definition) is 2. The van der Waals surface area contributed by atoms with Crippen molar-refractivity contribution in [2.24, 2.45) is 0 Å². The Labute approximate surface area is 156 Å². The fourth-order valence-electron chi connectivity index (χ4n) is 2.21. The van der Waals surface area contributed by atoms with Crippen molar-refractivity contribution in [2.75, 3.05) is 5.32 Å². The predicted octanol–water partition coefficient (Wildman–Crippen LogP) is 4.58. The summed E-state index contributed by atoms with van der Waals surface area (Å²) in [7, 11) is 0. The van der Waals surface area contributed by atoms with Crippen LogP contribution in [-0.2, 0) is 6.54 Å². The van der Waals surface area contributed by atoms with E-state index in [0.717, 1.165) is 9.13 Å². The van der Waals surface area contributed by atoms with Crippen LogP contribution in [-0.4, -0.2) is 15.7 Å². The molecule has 3 aromatic rings. The molecule has 1 aromatic heterocycles. The summed E-state index contributed by atoms with van der Waals surface area (Å²) in [4.78, 5) is 12.3. The minimum atomic E-state index is -0.307. The Bertz CT molecular complexity index is 897. The molecule has 4 nitrogen and oxygen atoms in total. The minimum absolute atomic E-state index is 0.276. The molecule has 1 heterocycles. The number of hydrogen-bond donors (Lipinski definition) is 1. The second-order valence-corrected chi connectivity index (χ2v) is 6.66. The number of amides is 1. The lowest BCUT2D eigenvalue weighted by molar-refractivity contribution is 0.102. The number of benzene rings is 2. The lowest BCUT2D eigenvalue weighted by Gasteiger charge is -2.05. The molecular weight excluding hydrogens is 444 g/mol. The van der Waals surface area contributed by atoms with Gasteiger partial charge in [-0.05, 0) is 52.4 Å². The Morgan fingerprint density at radius 3 is 2.79 bits per heavy atom. The number of anilines is 1. The number of carbonyl (C=O) groups excluding carboxylic acids is 1. The molecule has 0 saturated heterocycles. The standard InChI is InChI=1S/C17H12ClFIN3O/c18-14-10-23(9-11-4-3-5-12(19)8-11)22-16(14)21-17(24)13-6-1-2-7-15(13)20/h1-8,10H,9H2,(H,21,22,24). The first kappa shape index (κ1) is 16.9. The van der Waals surface area contributed by atoms with Crippen LogP contribution in [0.4, 0.5) is 10.2 Å². The van der Waals surface area contributed by atoms with E-state index in [9.17, 15) is 9.18 Å². The van der Waals surface area contributed by atoms with Gasteiger partial charge in [-0.3, -0.25) is 9.48 Å². The van der Waals surface area contributed by atoms with Crippen molar-refractivity contribution in [3.05, 3.63) is 80.3 Å². The maximum atomic E-state index is 13.2. The van der Waals surface area contributed by atoms with E-state index in [1.54, 1.807) is 35.1 Å². The summed E-state index contributed by atoms with van der Waals surface area (Å²) in [6.45, 7) is 0.357. The molecule has 7 heteroatoms. The van der Waals surface area contributed by atoms with Gasteiger partial charge in [-0.25, -0.2) is 4.39 Å². The molecule has 0 saturated carbocycles. The van der Waals surface area contributed by atoms with E-state index in [-0.39, 0.29) is 17.5 Å². The molecule has 0 radical (unpaired) electrons. The monoisotopic (exact) mass is 455 g/mol. The van der Waals surface area contributed by atoms with Crippen molar-refractivity contribution >= 4 is 45.9 Å². The summed E-state index contributed by atoms with van der Waals surface area (Å²) >= 11 is 8.24. The summed E-state index contributed by atoms with van der Waals surface area (Å²) in [6, 6.07) is 13.5. The van der Waals surface area contributed by atoms with Crippen LogP contribution in [0.25, 0.3) is 0 Å². The third-order valence-electron chi connectivity index (χ3n) is 3.30.